The number of fused-ring (bicyclic) bond motifs is 1. The van der Waals surface area contributed by atoms with E-state index in [-0.39, 0.29) is 17.4 Å². The van der Waals surface area contributed by atoms with Crippen molar-refractivity contribution in [2.24, 2.45) is 0 Å². The Kier molecular flexibility index (Phi) is 4.97. The molecule has 26 heavy (non-hydrogen) atoms. The molecule has 1 heterocycles. The van der Waals surface area contributed by atoms with Crippen LogP contribution in [0.5, 0.6) is 0 Å². The van der Waals surface area contributed by atoms with Gasteiger partial charge in [-0.05, 0) is 48.7 Å². The molecule has 1 amide bonds. The zero-order valence-corrected chi connectivity index (χ0v) is 15.3. The number of benzene rings is 2. The van der Waals surface area contributed by atoms with E-state index in [1.807, 2.05) is 0 Å². The molecule has 0 unspecified atom stereocenters. The van der Waals surface area contributed by atoms with Gasteiger partial charge >= 0.3 is 0 Å². The highest BCUT2D eigenvalue weighted by Gasteiger charge is 2.26. The third-order valence-electron chi connectivity index (χ3n) is 4.24. The van der Waals surface area contributed by atoms with Gasteiger partial charge in [0, 0.05) is 19.3 Å². The maximum atomic E-state index is 13.5. The molecule has 6 nitrogen and oxygen atoms in total. The minimum atomic E-state index is -3.95. The summed E-state index contributed by atoms with van der Waals surface area (Å²) < 4.78 is 46.0. The third-order valence-corrected chi connectivity index (χ3v) is 5.76. The Labute approximate surface area is 151 Å². The fourth-order valence-electron chi connectivity index (χ4n) is 2.98. The molecular formula is C18H19FN2O4S. The number of nitrogens with zero attached hydrogens (tertiary/aromatic N) is 1. The Balaban J connectivity index is 1.91. The number of hydrogen-bond donors (Lipinski definition) is 1. The van der Waals surface area contributed by atoms with E-state index in [9.17, 15) is 17.6 Å². The van der Waals surface area contributed by atoms with Crippen molar-refractivity contribution in [1.29, 1.82) is 0 Å². The predicted molar refractivity (Wildman–Crippen MR) is 96.3 cm³/mol. The average molecular weight is 378 g/mol. The first-order chi connectivity index (χ1) is 12.3. The summed E-state index contributed by atoms with van der Waals surface area (Å²) >= 11 is 0. The van der Waals surface area contributed by atoms with Gasteiger partial charge in [0.25, 0.3) is 15.9 Å². The van der Waals surface area contributed by atoms with Crippen molar-refractivity contribution >= 4 is 27.3 Å². The van der Waals surface area contributed by atoms with Crippen molar-refractivity contribution in [3.05, 3.63) is 53.3 Å². The quantitative estimate of drug-likeness (QED) is 0.867. The highest BCUT2D eigenvalue weighted by Crippen LogP contribution is 2.32. The number of sulfonamides is 1. The number of ether oxygens (including phenoxy) is 1. The molecule has 8 heteroatoms. The summed E-state index contributed by atoms with van der Waals surface area (Å²) in [6.07, 6.45) is 0.695. The van der Waals surface area contributed by atoms with E-state index >= 15 is 0 Å². The largest absolute Gasteiger partial charge is 0.375 e. The van der Waals surface area contributed by atoms with E-state index in [2.05, 4.69) is 4.72 Å². The standard InChI is InChI=1S/C18H19FN2O4S/c1-12-3-5-14(19)9-17(12)26(23,24)20-15-6-4-13-7-8-21(16(13)10-15)18(22)11-25-2/h3-6,9-10,20H,7-8,11H2,1-2H3. The predicted octanol–water partition coefficient (Wildman–Crippen LogP) is 2.47. The maximum Gasteiger partial charge on any atom is 0.262 e. The molecule has 1 N–H and O–H groups in total. The van der Waals surface area contributed by atoms with Crippen LogP contribution in [-0.2, 0) is 26.0 Å². The van der Waals surface area contributed by atoms with E-state index in [4.69, 9.17) is 4.74 Å². The number of halogens is 1. The van der Waals surface area contributed by atoms with Crippen molar-refractivity contribution in [3.8, 4) is 0 Å². The van der Waals surface area contributed by atoms with Gasteiger partial charge in [-0.15, -0.1) is 0 Å². The van der Waals surface area contributed by atoms with Gasteiger partial charge in [0.2, 0.25) is 0 Å². The highest BCUT2D eigenvalue weighted by atomic mass is 32.2. The molecule has 0 spiro atoms. The van der Waals surface area contributed by atoms with Crippen LogP contribution in [0.15, 0.2) is 41.3 Å². The molecule has 2 aromatic rings. The summed E-state index contributed by atoms with van der Waals surface area (Å²) in [5.41, 5.74) is 2.36. The Bertz CT molecular complexity index is 960. The van der Waals surface area contributed by atoms with Gasteiger partial charge in [-0.2, -0.15) is 0 Å². The molecule has 1 aliphatic heterocycles. The van der Waals surface area contributed by atoms with Gasteiger partial charge in [-0.25, -0.2) is 12.8 Å². The molecular weight excluding hydrogens is 359 g/mol. The number of anilines is 2. The Morgan fingerprint density at radius 3 is 2.77 bits per heavy atom. The first kappa shape index (κ1) is 18.3. The molecule has 0 bridgehead atoms. The van der Waals surface area contributed by atoms with Crippen molar-refractivity contribution in [1.82, 2.24) is 0 Å². The van der Waals surface area contributed by atoms with Crippen LogP contribution in [0, 0.1) is 12.7 Å². The zero-order valence-electron chi connectivity index (χ0n) is 14.5. The second kappa shape index (κ2) is 7.05. The smallest absolute Gasteiger partial charge is 0.262 e. The summed E-state index contributed by atoms with van der Waals surface area (Å²) in [6, 6.07) is 8.64. The van der Waals surface area contributed by atoms with Gasteiger partial charge in [0.05, 0.1) is 10.6 Å². The lowest BCUT2D eigenvalue weighted by atomic mass is 10.1. The Morgan fingerprint density at radius 2 is 2.04 bits per heavy atom. The molecule has 0 saturated carbocycles. The van der Waals surface area contributed by atoms with E-state index in [0.717, 1.165) is 11.6 Å². The topological polar surface area (TPSA) is 75.7 Å². The summed E-state index contributed by atoms with van der Waals surface area (Å²) in [6.45, 7) is 2.08. The number of carbonyl (C=O) groups excluding carboxylic acids is 1. The minimum Gasteiger partial charge on any atom is -0.375 e. The fraction of sp³-hybridized carbons (Fsp3) is 0.278. The monoisotopic (exact) mass is 378 g/mol. The molecule has 138 valence electrons. The van der Waals surface area contributed by atoms with Crippen LogP contribution in [-0.4, -0.2) is 34.6 Å². The Hall–Kier alpha value is -2.45. The average Bonchev–Trinajstić information content (AvgIpc) is 3.00. The number of nitrogens with one attached hydrogen (secondary N) is 1. The molecule has 0 atom stereocenters. The van der Waals surface area contributed by atoms with Gasteiger partial charge in [-0.3, -0.25) is 9.52 Å². The highest BCUT2D eigenvalue weighted by molar-refractivity contribution is 7.92. The summed E-state index contributed by atoms with van der Waals surface area (Å²) in [4.78, 5) is 13.6. The summed E-state index contributed by atoms with van der Waals surface area (Å²) in [7, 11) is -2.50. The molecule has 2 aromatic carbocycles. The molecule has 0 aromatic heterocycles. The van der Waals surface area contributed by atoms with Crippen LogP contribution >= 0.6 is 0 Å². The second-order valence-corrected chi connectivity index (χ2v) is 7.74. The lowest BCUT2D eigenvalue weighted by Crippen LogP contribution is -2.32. The number of methoxy groups -OCH3 is 1. The summed E-state index contributed by atoms with van der Waals surface area (Å²) in [5, 5.41) is 0. The lowest BCUT2D eigenvalue weighted by molar-refractivity contribution is -0.122. The van der Waals surface area contributed by atoms with Crippen molar-refractivity contribution in [2.75, 3.05) is 29.9 Å². The minimum absolute atomic E-state index is 0.0438. The SMILES string of the molecule is COCC(=O)N1CCc2ccc(NS(=O)(=O)c3cc(F)ccc3C)cc21. The normalized spacial score (nSPS) is 13.6. The first-order valence-electron chi connectivity index (χ1n) is 8.03. The maximum absolute atomic E-state index is 13.5. The summed E-state index contributed by atoms with van der Waals surface area (Å²) in [5.74, 6) is -0.812. The van der Waals surface area contributed by atoms with Crippen LogP contribution in [0.3, 0.4) is 0 Å². The van der Waals surface area contributed by atoms with Crippen molar-refractivity contribution in [3.63, 3.8) is 0 Å². The molecule has 3 rings (SSSR count). The van der Waals surface area contributed by atoms with Gasteiger partial charge in [-0.1, -0.05) is 12.1 Å². The Morgan fingerprint density at radius 1 is 1.27 bits per heavy atom. The van der Waals surface area contributed by atoms with Crippen LogP contribution in [0.2, 0.25) is 0 Å². The number of amides is 1. The zero-order chi connectivity index (χ0) is 18.9. The lowest BCUT2D eigenvalue weighted by Gasteiger charge is -2.18. The van der Waals surface area contributed by atoms with E-state index < -0.39 is 15.8 Å². The van der Waals surface area contributed by atoms with E-state index in [1.165, 1.54) is 19.2 Å². The number of carbonyl (C=O) groups is 1. The van der Waals surface area contributed by atoms with E-state index in [1.54, 1.807) is 30.0 Å². The van der Waals surface area contributed by atoms with Crippen LogP contribution in [0.1, 0.15) is 11.1 Å². The van der Waals surface area contributed by atoms with Crippen molar-refractivity contribution in [2.45, 2.75) is 18.2 Å². The van der Waals surface area contributed by atoms with Gasteiger partial charge in [0.15, 0.2) is 0 Å². The van der Waals surface area contributed by atoms with Crippen molar-refractivity contribution < 1.29 is 22.3 Å². The molecule has 0 saturated heterocycles. The van der Waals surface area contributed by atoms with Crippen LogP contribution in [0.4, 0.5) is 15.8 Å². The van der Waals surface area contributed by atoms with E-state index in [0.29, 0.717) is 29.9 Å². The van der Waals surface area contributed by atoms with Crippen LogP contribution in [0.25, 0.3) is 0 Å². The molecule has 0 radical (unpaired) electrons. The first-order valence-corrected chi connectivity index (χ1v) is 9.51. The van der Waals surface area contributed by atoms with Gasteiger partial charge < -0.3 is 9.64 Å². The number of rotatable bonds is 5. The molecule has 1 aliphatic rings. The number of hydrogen-bond acceptors (Lipinski definition) is 4. The fourth-order valence-corrected chi connectivity index (χ4v) is 4.28. The number of aryl methyl sites for hydroxylation is 1. The second-order valence-electron chi connectivity index (χ2n) is 6.09. The van der Waals surface area contributed by atoms with Gasteiger partial charge in [0.1, 0.15) is 12.4 Å². The molecule has 0 aliphatic carbocycles. The molecule has 0 fully saturated rings. The third kappa shape index (κ3) is 3.56. The van der Waals surface area contributed by atoms with Crippen LogP contribution < -0.4 is 9.62 Å².